The average molecular weight is 294 g/mol. The second-order valence-corrected chi connectivity index (χ2v) is 5.75. The summed E-state index contributed by atoms with van der Waals surface area (Å²) < 4.78 is 13.0. The average Bonchev–Trinajstić information content (AvgIpc) is 2.78. The number of hydrogen-bond donors (Lipinski definition) is 2. The molecule has 6 heteroatoms. The molecule has 1 aromatic rings. The van der Waals surface area contributed by atoms with E-state index in [-0.39, 0.29) is 11.6 Å². The molecule has 1 unspecified atom stereocenters. The van der Waals surface area contributed by atoms with Gasteiger partial charge in [-0.25, -0.2) is 4.39 Å². The minimum atomic E-state index is -0.410. The van der Waals surface area contributed by atoms with Gasteiger partial charge in [0.15, 0.2) is 0 Å². The third-order valence-electron chi connectivity index (χ3n) is 3.90. The summed E-state index contributed by atoms with van der Waals surface area (Å²) in [6.07, 6.45) is 2.39. The Hall–Kier alpha value is -1.66. The number of benzene rings is 1. The van der Waals surface area contributed by atoms with Gasteiger partial charge in [-0.05, 0) is 51.7 Å². The maximum atomic E-state index is 13.0. The molecule has 1 aromatic carbocycles. The highest BCUT2D eigenvalue weighted by Gasteiger charge is 2.22. The molecular formula is C15H23FN4O. The molecule has 1 amide bonds. The zero-order valence-corrected chi connectivity index (χ0v) is 12.6. The number of hydrogen-bond acceptors (Lipinski definition) is 4. The molecule has 0 bridgehead atoms. The number of likely N-dealkylation sites (N-methyl/N-ethyl adjacent to an activating group) is 2. The van der Waals surface area contributed by atoms with E-state index in [1.54, 1.807) is 0 Å². The lowest BCUT2D eigenvalue weighted by Gasteiger charge is -2.25. The Balaban J connectivity index is 1.83. The number of rotatable bonds is 5. The van der Waals surface area contributed by atoms with Crippen LogP contribution in [-0.2, 0) is 4.79 Å². The molecule has 1 atom stereocenters. The lowest BCUT2D eigenvalue weighted by molar-refractivity contribution is -0.117. The van der Waals surface area contributed by atoms with Gasteiger partial charge in [-0.1, -0.05) is 0 Å². The van der Waals surface area contributed by atoms with Gasteiger partial charge < -0.3 is 16.0 Å². The van der Waals surface area contributed by atoms with E-state index in [9.17, 15) is 9.18 Å². The Morgan fingerprint density at radius 3 is 2.95 bits per heavy atom. The number of halogens is 1. The van der Waals surface area contributed by atoms with Gasteiger partial charge in [0.25, 0.3) is 0 Å². The molecular weight excluding hydrogens is 271 g/mol. The van der Waals surface area contributed by atoms with Crippen molar-refractivity contribution in [2.24, 2.45) is 0 Å². The molecule has 0 radical (unpaired) electrons. The lowest BCUT2D eigenvalue weighted by Crippen LogP contribution is -2.40. The zero-order valence-electron chi connectivity index (χ0n) is 12.6. The Kier molecular flexibility index (Phi) is 5.14. The predicted octanol–water partition coefficient (Wildman–Crippen LogP) is 1.37. The quantitative estimate of drug-likeness (QED) is 0.805. The van der Waals surface area contributed by atoms with E-state index in [2.05, 4.69) is 17.3 Å². The van der Waals surface area contributed by atoms with Crippen LogP contribution in [0.15, 0.2) is 18.2 Å². The number of likely N-dealkylation sites (tertiary alicyclic amines) is 1. The summed E-state index contributed by atoms with van der Waals surface area (Å²) >= 11 is 0. The fourth-order valence-electron chi connectivity index (χ4n) is 2.72. The van der Waals surface area contributed by atoms with Crippen LogP contribution in [-0.4, -0.2) is 55.5 Å². The molecule has 0 aromatic heterocycles. The molecule has 1 aliphatic rings. The van der Waals surface area contributed by atoms with Gasteiger partial charge in [-0.15, -0.1) is 0 Å². The van der Waals surface area contributed by atoms with Crippen LogP contribution in [0.5, 0.6) is 0 Å². The summed E-state index contributed by atoms with van der Waals surface area (Å²) in [6, 6.07) is 4.47. The largest absolute Gasteiger partial charge is 0.397 e. The summed E-state index contributed by atoms with van der Waals surface area (Å²) in [6.45, 7) is 2.28. The summed E-state index contributed by atoms with van der Waals surface area (Å²) in [4.78, 5) is 16.3. The first kappa shape index (κ1) is 15.7. The highest BCUT2D eigenvalue weighted by atomic mass is 19.1. The molecule has 3 N–H and O–H groups in total. The SMILES string of the molecule is CN(CC(=O)Nc1ccc(F)cc1N)CC1CCCN1C. The molecule has 21 heavy (non-hydrogen) atoms. The van der Waals surface area contributed by atoms with Gasteiger partial charge >= 0.3 is 0 Å². The second-order valence-electron chi connectivity index (χ2n) is 5.75. The van der Waals surface area contributed by atoms with E-state index in [0.29, 0.717) is 18.3 Å². The maximum absolute atomic E-state index is 13.0. The van der Waals surface area contributed by atoms with Crippen molar-refractivity contribution < 1.29 is 9.18 Å². The Labute approximate surface area is 124 Å². The number of anilines is 2. The van der Waals surface area contributed by atoms with Gasteiger partial charge in [-0.2, -0.15) is 0 Å². The molecule has 0 aliphatic carbocycles. The second kappa shape index (κ2) is 6.87. The third kappa shape index (κ3) is 4.41. The Bertz CT molecular complexity index is 508. The fraction of sp³-hybridized carbons (Fsp3) is 0.533. The molecule has 1 fully saturated rings. The zero-order chi connectivity index (χ0) is 15.4. The topological polar surface area (TPSA) is 61.6 Å². The number of amides is 1. The lowest BCUT2D eigenvalue weighted by atomic mass is 10.2. The Morgan fingerprint density at radius 2 is 2.33 bits per heavy atom. The molecule has 2 rings (SSSR count). The van der Waals surface area contributed by atoms with Crippen LogP contribution in [0.25, 0.3) is 0 Å². The first-order chi connectivity index (χ1) is 9.95. The first-order valence-corrected chi connectivity index (χ1v) is 7.19. The molecule has 0 spiro atoms. The Morgan fingerprint density at radius 1 is 1.57 bits per heavy atom. The number of carbonyl (C=O) groups is 1. The molecule has 116 valence electrons. The minimum absolute atomic E-state index is 0.142. The van der Waals surface area contributed by atoms with Crippen LogP contribution in [0, 0.1) is 5.82 Å². The monoisotopic (exact) mass is 294 g/mol. The summed E-state index contributed by atoms with van der Waals surface area (Å²) in [5.41, 5.74) is 6.36. The van der Waals surface area contributed by atoms with E-state index in [4.69, 9.17) is 5.73 Å². The third-order valence-corrected chi connectivity index (χ3v) is 3.90. The van der Waals surface area contributed by atoms with Crippen molar-refractivity contribution in [1.29, 1.82) is 0 Å². The van der Waals surface area contributed by atoms with E-state index in [1.807, 2.05) is 11.9 Å². The van der Waals surface area contributed by atoms with Crippen molar-refractivity contribution in [2.45, 2.75) is 18.9 Å². The van der Waals surface area contributed by atoms with Crippen molar-refractivity contribution in [1.82, 2.24) is 9.80 Å². The molecule has 0 saturated carbocycles. The standard InChI is InChI=1S/C15H23FN4O/c1-19(9-12-4-3-7-20(12)2)10-15(21)18-14-6-5-11(16)8-13(14)17/h5-6,8,12H,3-4,7,9-10,17H2,1-2H3,(H,18,21). The van der Waals surface area contributed by atoms with E-state index in [1.165, 1.54) is 31.0 Å². The highest BCUT2D eigenvalue weighted by molar-refractivity contribution is 5.95. The first-order valence-electron chi connectivity index (χ1n) is 7.19. The van der Waals surface area contributed by atoms with Crippen LogP contribution >= 0.6 is 0 Å². The van der Waals surface area contributed by atoms with Crippen molar-refractivity contribution in [3.63, 3.8) is 0 Å². The minimum Gasteiger partial charge on any atom is -0.397 e. The molecule has 5 nitrogen and oxygen atoms in total. The van der Waals surface area contributed by atoms with Gasteiger partial charge in [0, 0.05) is 12.6 Å². The normalized spacial score (nSPS) is 19.1. The van der Waals surface area contributed by atoms with Gasteiger partial charge in [0.05, 0.1) is 17.9 Å². The smallest absolute Gasteiger partial charge is 0.238 e. The van der Waals surface area contributed by atoms with E-state index in [0.717, 1.165) is 13.1 Å². The highest BCUT2D eigenvalue weighted by Crippen LogP contribution is 2.19. The predicted molar refractivity (Wildman–Crippen MR) is 82.6 cm³/mol. The van der Waals surface area contributed by atoms with Crippen LogP contribution in [0.4, 0.5) is 15.8 Å². The molecule has 1 aliphatic heterocycles. The number of nitrogens with zero attached hydrogens (tertiary/aromatic N) is 2. The van der Waals surface area contributed by atoms with Crippen LogP contribution in [0.2, 0.25) is 0 Å². The number of nitrogen functional groups attached to an aromatic ring is 1. The molecule has 1 saturated heterocycles. The number of nitrogens with one attached hydrogen (secondary N) is 1. The van der Waals surface area contributed by atoms with Crippen LogP contribution in [0.3, 0.4) is 0 Å². The van der Waals surface area contributed by atoms with Crippen molar-refractivity contribution >= 4 is 17.3 Å². The van der Waals surface area contributed by atoms with Gasteiger partial charge in [0.2, 0.25) is 5.91 Å². The van der Waals surface area contributed by atoms with Gasteiger partial charge in [-0.3, -0.25) is 9.69 Å². The van der Waals surface area contributed by atoms with Crippen molar-refractivity contribution in [3.05, 3.63) is 24.0 Å². The van der Waals surface area contributed by atoms with Crippen LogP contribution in [0.1, 0.15) is 12.8 Å². The van der Waals surface area contributed by atoms with E-state index < -0.39 is 5.82 Å². The maximum Gasteiger partial charge on any atom is 0.238 e. The van der Waals surface area contributed by atoms with Gasteiger partial charge in [0.1, 0.15) is 5.82 Å². The summed E-state index contributed by atoms with van der Waals surface area (Å²) in [5.74, 6) is -0.552. The van der Waals surface area contributed by atoms with Crippen molar-refractivity contribution in [2.75, 3.05) is 44.8 Å². The summed E-state index contributed by atoms with van der Waals surface area (Å²) in [7, 11) is 4.05. The van der Waals surface area contributed by atoms with Crippen molar-refractivity contribution in [3.8, 4) is 0 Å². The number of nitrogens with two attached hydrogens (primary N) is 1. The molecule has 1 heterocycles. The van der Waals surface area contributed by atoms with Crippen LogP contribution < -0.4 is 11.1 Å². The van der Waals surface area contributed by atoms with E-state index >= 15 is 0 Å². The number of carbonyl (C=O) groups excluding carboxylic acids is 1. The summed E-state index contributed by atoms with van der Waals surface area (Å²) in [5, 5.41) is 2.72. The fourth-order valence-corrected chi connectivity index (χ4v) is 2.72.